The van der Waals surface area contributed by atoms with E-state index in [1.165, 1.54) is 18.6 Å². The monoisotopic (exact) mass is 275 g/mol. The molecule has 3 rings (SSSR count). The highest BCUT2D eigenvalue weighted by molar-refractivity contribution is 5.44. The van der Waals surface area contributed by atoms with E-state index < -0.39 is 5.82 Å². The number of halogens is 1. The summed E-state index contributed by atoms with van der Waals surface area (Å²) in [6.45, 7) is 2.68. The van der Waals surface area contributed by atoms with Crippen molar-refractivity contribution in [1.29, 1.82) is 0 Å². The Kier molecular flexibility index (Phi) is 3.32. The van der Waals surface area contributed by atoms with E-state index in [1.807, 2.05) is 11.0 Å². The van der Waals surface area contributed by atoms with Crippen LogP contribution in [0.5, 0.6) is 0 Å². The standard InChI is InChI=1S/C13H14FN5O/c14-10-8-15-9-16-13(10)19-6-4-18(5-7-19)11-2-1-3-12(20)17-11/h1-3,8-9H,4-7H2,(H,17,20). The van der Waals surface area contributed by atoms with Gasteiger partial charge in [0.15, 0.2) is 11.6 Å². The molecule has 1 aliphatic heterocycles. The number of nitrogens with zero attached hydrogens (tertiary/aromatic N) is 4. The molecule has 0 amide bonds. The van der Waals surface area contributed by atoms with E-state index in [2.05, 4.69) is 19.9 Å². The molecule has 0 aromatic carbocycles. The molecular formula is C13H14FN5O. The Bertz CT molecular complexity index is 651. The van der Waals surface area contributed by atoms with Gasteiger partial charge in [-0.3, -0.25) is 4.79 Å². The largest absolute Gasteiger partial charge is 0.355 e. The SMILES string of the molecule is O=c1cccc(N2CCN(c3ncncc3F)CC2)[nH]1. The Morgan fingerprint density at radius 2 is 1.90 bits per heavy atom. The molecule has 0 spiro atoms. The van der Waals surface area contributed by atoms with Gasteiger partial charge in [-0.05, 0) is 6.07 Å². The second-order valence-corrected chi connectivity index (χ2v) is 4.57. The summed E-state index contributed by atoms with van der Waals surface area (Å²) in [7, 11) is 0. The molecule has 0 atom stereocenters. The fraction of sp³-hybridized carbons (Fsp3) is 0.308. The van der Waals surface area contributed by atoms with Crippen molar-refractivity contribution in [2.24, 2.45) is 0 Å². The maximum absolute atomic E-state index is 13.6. The molecule has 1 aliphatic rings. The van der Waals surface area contributed by atoms with Gasteiger partial charge in [0.2, 0.25) is 5.56 Å². The number of anilines is 2. The Morgan fingerprint density at radius 3 is 2.60 bits per heavy atom. The van der Waals surface area contributed by atoms with E-state index in [4.69, 9.17) is 0 Å². The van der Waals surface area contributed by atoms with Crippen molar-refractivity contribution in [1.82, 2.24) is 15.0 Å². The van der Waals surface area contributed by atoms with E-state index in [9.17, 15) is 9.18 Å². The minimum Gasteiger partial charge on any atom is -0.355 e. The van der Waals surface area contributed by atoms with Crippen molar-refractivity contribution in [3.05, 3.63) is 46.9 Å². The molecule has 0 bridgehead atoms. The molecule has 2 aromatic rings. The highest BCUT2D eigenvalue weighted by atomic mass is 19.1. The van der Waals surface area contributed by atoms with Crippen LogP contribution in [0.2, 0.25) is 0 Å². The van der Waals surface area contributed by atoms with E-state index in [-0.39, 0.29) is 5.56 Å². The minimum atomic E-state index is -0.408. The van der Waals surface area contributed by atoms with Gasteiger partial charge in [0.25, 0.3) is 0 Å². The van der Waals surface area contributed by atoms with Crippen molar-refractivity contribution in [3.63, 3.8) is 0 Å². The Balaban J connectivity index is 1.71. The fourth-order valence-corrected chi connectivity index (χ4v) is 2.32. The van der Waals surface area contributed by atoms with Crippen LogP contribution in [-0.4, -0.2) is 41.1 Å². The zero-order valence-electron chi connectivity index (χ0n) is 10.8. The van der Waals surface area contributed by atoms with Crippen LogP contribution < -0.4 is 15.4 Å². The van der Waals surface area contributed by atoms with Crippen LogP contribution in [0.25, 0.3) is 0 Å². The van der Waals surface area contributed by atoms with Gasteiger partial charge in [0.1, 0.15) is 12.1 Å². The number of aromatic nitrogens is 3. The average molecular weight is 275 g/mol. The highest BCUT2D eigenvalue weighted by Gasteiger charge is 2.20. The van der Waals surface area contributed by atoms with Crippen LogP contribution in [0.1, 0.15) is 0 Å². The third-order valence-corrected chi connectivity index (χ3v) is 3.32. The number of pyridine rings is 1. The first-order chi connectivity index (χ1) is 9.74. The lowest BCUT2D eigenvalue weighted by Crippen LogP contribution is -2.47. The number of hydrogen-bond acceptors (Lipinski definition) is 5. The molecule has 104 valence electrons. The number of H-pyrrole nitrogens is 1. The van der Waals surface area contributed by atoms with Crippen molar-refractivity contribution in [2.45, 2.75) is 0 Å². The van der Waals surface area contributed by atoms with Gasteiger partial charge in [-0.15, -0.1) is 0 Å². The lowest BCUT2D eigenvalue weighted by molar-refractivity contribution is 0.581. The smallest absolute Gasteiger partial charge is 0.249 e. The Labute approximate surface area is 114 Å². The predicted molar refractivity (Wildman–Crippen MR) is 73.5 cm³/mol. The number of nitrogens with one attached hydrogen (secondary N) is 1. The van der Waals surface area contributed by atoms with Gasteiger partial charge in [0.05, 0.1) is 6.20 Å². The molecule has 0 radical (unpaired) electrons. The summed E-state index contributed by atoms with van der Waals surface area (Å²) in [5.74, 6) is 0.718. The Morgan fingerprint density at radius 1 is 1.15 bits per heavy atom. The minimum absolute atomic E-state index is 0.119. The lowest BCUT2D eigenvalue weighted by Gasteiger charge is -2.36. The van der Waals surface area contributed by atoms with Gasteiger partial charge in [-0.1, -0.05) is 6.07 Å². The van der Waals surface area contributed by atoms with Gasteiger partial charge in [-0.25, -0.2) is 14.4 Å². The van der Waals surface area contributed by atoms with Gasteiger partial charge in [0, 0.05) is 32.2 Å². The van der Waals surface area contributed by atoms with Gasteiger partial charge in [-0.2, -0.15) is 0 Å². The summed E-state index contributed by atoms with van der Waals surface area (Å²) < 4.78 is 13.6. The molecule has 7 heteroatoms. The first kappa shape index (κ1) is 12.6. The van der Waals surface area contributed by atoms with Gasteiger partial charge >= 0.3 is 0 Å². The predicted octanol–water partition coefficient (Wildman–Crippen LogP) is 0.631. The molecule has 0 saturated carbocycles. The Hall–Kier alpha value is -2.44. The van der Waals surface area contributed by atoms with Crippen LogP contribution in [0.4, 0.5) is 16.0 Å². The number of rotatable bonds is 2. The summed E-state index contributed by atoms with van der Waals surface area (Å²) in [5.41, 5.74) is -0.119. The van der Waals surface area contributed by atoms with Crippen LogP contribution in [-0.2, 0) is 0 Å². The maximum Gasteiger partial charge on any atom is 0.249 e. The third kappa shape index (κ3) is 2.47. The second kappa shape index (κ2) is 5.28. The van der Waals surface area contributed by atoms with Crippen molar-refractivity contribution in [2.75, 3.05) is 36.0 Å². The zero-order valence-corrected chi connectivity index (χ0v) is 10.8. The van der Waals surface area contributed by atoms with Crippen LogP contribution in [0, 0.1) is 5.82 Å². The molecule has 1 saturated heterocycles. The summed E-state index contributed by atoms with van der Waals surface area (Å²) in [6, 6.07) is 5.07. The molecule has 3 heterocycles. The maximum atomic E-state index is 13.6. The summed E-state index contributed by atoms with van der Waals surface area (Å²) >= 11 is 0. The number of aromatic amines is 1. The van der Waals surface area contributed by atoms with E-state index in [1.54, 1.807) is 6.07 Å². The van der Waals surface area contributed by atoms with E-state index in [0.29, 0.717) is 32.0 Å². The molecule has 1 fully saturated rings. The average Bonchev–Trinajstić information content (AvgIpc) is 2.48. The zero-order chi connectivity index (χ0) is 13.9. The number of hydrogen-bond donors (Lipinski definition) is 1. The molecule has 1 N–H and O–H groups in total. The van der Waals surface area contributed by atoms with Crippen LogP contribution >= 0.6 is 0 Å². The summed E-state index contributed by atoms with van der Waals surface area (Å²) in [4.78, 5) is 25.7. The first-order valence-electron chi connectivity index (χ1n) is 6.39. The lowest BCUT2D eigenvalue weighted by atomic mass is 10.3. The normalized spacial score (nSPS) is 15.4. The first-order valence-corrected chi connectivity index (χ1v) is 6.39. The van der Waals surface area contributed by atoms with Crippen molar-refractivity contribution >= 4 is 11.6 Å². The third-order valence-electron chi connectivity index (χ3n) is 3.32. The van der Waals surface area contributed by atoms with Crippen molar-refractivity contribution < 1.29 is 4.39 Å². The summed E-state index contributed by atoms with van der Waals surface area (Å²) in [6.07, 6.45) is 2.52. The molecule has 2 aromatic heterocycles. The molecule has 0 aliphatic carbocycles. The molecule has 6 nitrogen and oxygen atoms in total. The quantitative estimate of drug-likeness (QED) is 0.871. The topological polar surface area (TPSA) is 65.1 Å². The highest BCUT2D eigenvalue weighted by Crippen LogP contribution is 2.18. The summed E-state index contributed by atoms with van der Waals surface area (Å²) in [5, 5.41) is 0. The molecule has 0 unspecified atom stereocenters. The molecular weight excluding hydrogens is 261 g/mol. The van der Waals surface area contributed by atoms with Crippen LogP contribution in [0.15, 0.2) is 35.5 Å². The number of piperazine rings is 1. The fourth-order valence-electron chi connectivity index (χ4n) is 2.32. The van der Waals surface area contributed by atoms with E-state index >= 15 is 0 Å². The second-order valence-electron chi connectivity index (χ2n) is 4.57. The van der Waals surface area contributed by atoms with Crippen LogP contribution in [0.3, 0.4) is 0 Å². The van der Waals surface area contributed by atoms with Crippen molar-refractivity contribution in [3.8, 4) is 0 Å². The van der Waals surface area contributed by atoms with E-state index in [0.717, 1.165) is 5.82 Å². The van der Waals surface area contributed by atoms with Gasteiger partial charge < -0.3 is 14.8 Å². The molecule has 20 heavy (non-hydrogen) atoms.